The number of hydrogen-bond donors (Lipinski definition) is 3. The second-order valence-electron chi connectivity index (χ2n) is 5.29. The van der Waals surface area contributed by atoms with Gasteiger partial charge in [0.05, 0.1) is 0 Å². The van der Waals surface area contributed by atoms with Crippen LogP contribution in [-0.4, -0.2) is 34.4 Å². The fourth-order valence-corrected chi connectivity index (χ4v) is 2.18. The van der Waals surface area contributed by atoms with Crippen LogP contribution in [0.4, 0.5) is 4.79 Å². The summed E-state index contributed by atoms with van der Waals surface area (Å²) in [5.41, 5.74) is 1.27. The molecule has 2 atom stereocenters. The first kappa shape index (κ1) is 16.6. The second-order valence-corrected chi connectivity index (χ2v) is 5.29. The molecule has 1 aromatic rings. The van der Waals surface area contributed by atoms with Crippen molar-refractivity contribution in [2.75, 3.05) is 6.61 Å². The highest BCUT2D eigenvalue weighted by molar-refractivity contribution is 5.74. The molecule has 114 valence electrons. The van der Waals surface area contributed by atoms with E-state index in [0.29, 0.717) is 6.42 Å². The number of hydrogen-bond acceptors (Lipinski definition) is 2. The fourth-order valence-electron chi connectivity index (χ4n) is 2.18. The highest BCUT2D eigenvalue weighted by Crippen LogP contribution is 2.05. The van der Waals surface area contributed by atoms with Gasteiger partial charge in [0.15, 0.2) is 0 Å². The van der Waals surface area contributed by atoms with Crippen LogP contribution >= 0.6 is 0 Å². The number of aryl methyl sites for hydroxylation is 2. The zero-order valence-corrected chi connectivity index (χ0v) is 12.7. The summed E-state index contributed by atoms with van der Waals surface area (Å²) in [4.78, 5) is 11.8. The number of nitrogens with zero attached hydrogens (tertiary/aromatic N) is 1. The summed E-state index contributed by atoms with van der Waals surface area (Å²) in [5.74, 6) is 0. The molecule has 0 spiro atoms. The number of urea groups is 1. The predicted octanol–water partition coefficient (Wildman–Crippen LogP) is 1.81. The van der Waals surface area contributed by atoms with Gasteiger partial charge in [-0.05, 0) is 44.7 Å². The number of rotatable bonds is 8. The van der Waals surface area contributed by atoms with E-state index in [9.17, 15) is 4.79 Å². The number of aliphatic hydroxyl groups is 1. The molecule has 5 heteroatoms. The third-order valence-corrected chi connectivity index (χ3v) is 3.57. The molecule has 0 saturated carbocycles. The molecule has 20 heavy (non-hydrogen) atoms. The first-order valence-corrected chi connectivity index (χ1v) is 7.34. The molecule has 1 heterocycles. The van der Waals surface area contributed by atoms with Crippen LogP contribution < -0.4 is 10.6 Å². The van der Waals surface area contributed by atoms with E-state index in [2.05, 4.69) is 21.3 Å². The van der Waals surface area contributed by atoms with Crippen molar-refractivity contribution >= 4 is 6.03 Å². The van der Waals surface area contributed by atoms with Crippen LogP contribution in [0.15, 0.2) is 18.3 Å². The van der Waals surface area contributed by atoms with Gasteiger partial charge in [0.2, 0.25) is 0 Å². The lowest BCUT2D eigenvalue weighted by molar-refractivity contribution is 0.225. The Bertz CT molecular complexity index is 404. The largest absolute Gasteiger partial charge is 0.396 e. The Morgan fingerprint density at radius 2 is 2.15 bits per heavy atom. The topological polar surface area (TPSA) is 66.3 Å². The quantitative estimate of drug-likeness (QED) is 0.680. The third kappa shape index (κ3) is 5.65. The Balaban J connectivity index is 2.29. The minimum atomic E-state index is -0.148. The first-order chi connectivity index (χ1) is 9.56. The average Bonchev–Trinajstić information content (AvgIpc) is 2.81. The summed E-state index contributed by atoms with van der Waals surface area (Å²) >= 11 is 0. The number of nitrogens with one attached hydrogen (secondary N) is 2. The summed E-state index contributed by atoms with van der Waals surface area (Å²) < 4.78 is 2.10. The Morgan fingerprint density at radius 1 is 1.40 bits per heavy atom. The van der Waals surface area contributed by atoms with Gasteiger partial charge in [0, 0.05) is 37.6 Å². The van der Waals surface area contributed by atoms with E-state index in [1.807, 2.05) is 33.2 Å². The number of amides is 2. The smallest absolute Gasteiger partial charge is 0.315 e. The average molecular weight is 281 g/mol. The van der Waals surface area contributed by atoms with Gasteiger partial charge in [0.1, 0.15) is 0 Å². The third-order valence-electron chi connectivity index (χ3n) is 3.57. The van der Waals surface area contributed by atoms with E-state index in [4.69, 9.17) is 5.11 Å². The Morgan fingerprint density at radius 3 is 2.70 bits per heavy atom. The van der Waals surface area contributed by atoms with E-state index >= 15 is 0 Å². The lowest BCUT2D eigenvalue weighted by atomic mass is 10.1. The molecule has 5 nitrogen and oxygen atoms in total. The number of carbonyl (C=O) groups is 1. The molecule has 3 N–H and O–H groups in total. The van der Waals surface area contributed by atoms with Crippen molar-refractivity contribution in [2.24, 2.45) is 7.05 Å². The van der Waals surface area contributed by atoms with E-state index in [1.165, 1.54) is 5.69 Å². The highest BCUT2D eigenvalue weighted by atomic mass is 16.3. The molecule has 1 aromatic heterocycles. The van der Waals surface area contributed by atoms with Gasteiger partial charge >= 0.3 is 6.03 Å². The maximum Gasteiger partial charge on any atom is 0.315 e. The van der Waals surface area contributed by atoms with Crippen molar-refractivity contribution in [3.8, 4) is 0 Å². The van der Waals surface area contributed by atoms with Crippen LogP contribution in [0.1, 0.15) is 38.8 Å². The summed E-state index contributed by atoms with van der Waals surface area (Å²) in [6.45, 7) is 4.11. The molecular weight excluding hydrogens is 254 g/mol. The summed E-state index contributed by atoms with van der Waals surface area (Å²) in [6, 6.07) is 4.14. The van der Waals surface area contributed by atoms with Gasteiger partial charge in [-0.15, -0.1) is 0 Å². The molecule has 2 unspecified atom stereocenters. The van der Waals surface area contributed by atoms with E-state index in [1.54, 1.807) is 0 Å². The Hall–Kier alpha value is -1.49. The zero-order valence-electron chi connectivity index (χ0n) is 12.7. The lowest BCUT2D eigenvalue weighted by Crippen LogP contribution is -2.45. The van der Waals surface area contributed by atoms with Gasteiger partial charge in [-0.1, -0.05) is 6.92 Å². The summed E-state index contributed by atoms with van der Waals surface area (Å²) in [7, 11) is 2.03. The molecular formula is C15H27N3O2. The van der Waals surface area contributed by atoms with Gasteiger partial charge in [-0.3, -0.25) is 0 Å². The Kier molecular flexibility index (Phi) is 7.15. The van der Waals surface area contributed by atoms with Crippen molar-refractivity contribution in [3.05, 3.63) is 24.0 Å². The van der Waals surface area contributed by atoms with Crippen LogP contribution in [0.3, 0.4) is 0 Å². The van der Waals surface area contributed by atoms with Gasteiger partial charge in [-0.2, -0.15) is 0 Å². The van der Waals surface area contributed by atoms with Crippen LogP contribution in [0.25, 0.3) is 0 Å². The standard InChI is InChI=1S/C15H27N3O2/c1-4-13(9-11-19)17-15(20)16-12(2)7-8-14-6-5-10-18(14)3/h5-6,10,12-13,19H,4,7-9,11H2,1-3H3,(H2,16,17,20). The fraction of sp³-hybridized carbons (Fsp3) is 0.667. The molecule has 0 aliphatic rings. The predicted molar refractivity (Wildman–Crippen MR) is 80.6 cm³/mol. The SMILES string of the molecule is CCC(CCO)NC(=O)NC(C)CCc1cccn1C. The van der Waals surface area contributed by atoms with Crippen LogP contribution in [0, 0.1) is 0 Å². The molecule has 0 saturated heterocycles. The molecule has 0 bridgehead atoms. The lowest BCUT2D eigenvalue weighted by Gasteiger charge is -2.19. The van der Waals surface area contributed by atoms with E-state index in [0.717, 1.165) is 19.3 Å². The van der Waals surface area contributed by atoms with Crippen LogP contribution in [-0.2, 0) is 13.5 Å². The van der Waals surface area contributed by atoms with Crippen molar-refractivity contribution in [3.63, 3.8) is 0 Å². The Labute approximate surface area is 121 Å². The second kappa shape index (κ2) is 8.64. The molecule has 0 aliphatic carbocycles. The minimum Gasteiger partial charge on any atom is -0.396 e. The number of aliphatic hydroxyl groups excluding tert-OH is 1. The minimum absolute atomic E-state index is 0.0417. The van der Waals surface area contributed by atoms with E-state index < -0.39 is 0 Å². The highest BCUT2D eigenvalue weighted by Gasteiger charge is 2.12. The van der Waals surface area contributed by atoms with Crippen LogP contribution in [0.5, 0.6) is 0 Å². The van der Waals surface area contributed by atoms with Gasteiger partial charge in [0.25, 0.3) is 0 Å². The monoisotopic (exact) mass is 281 g/mol. The molecule has 0 aliphatic heterocycles. The summed E-state index contributed by atoms with van der Waals surface area (Å²) in [5, 5.41) is 14.7. The number of aromatic nitrogens is 1. The van der Waals surface area contributed by atoms with E-state index in [-0.39, 0.29) is 24.7 Å². The van der Waals surface area contributed by atoms with Crippen molar-refractivity contribution in [1.82, 2.24) is 15.2 Å². The normalized spacial score (nSPS) is 13.8. The molecule has 0 fully saturated rings. The molecule has 1 rings (SSSR count). The summed E-state index contributed by atoms with van der Waals surface area (Å²) in [6.07, 6.45) is 5.30. The van der Waals surface area contributed by atoms with Gasteiger partial charge in [-0.25, -0.2) is 4.79 Å². The van der Waals surface area contributed by atoms with Crippen LogP contribution in [0.2, 0.25) is 0 Å². The first-order valence-electron chi connectivity index (χ1n) is 7.34. The molecule has 2 amide bonds. The maximum absolute atomic E-state index is 11.8. The zero-order chi connectivity index (χ0) is 15.0. The molecule has 0 radical (unpaired) electrons. The molecule has 0 aromatic carbocycles. The van der Waals surface area contributed by atoms with Crippen molar-refractivity contribution < 1.29 is 9.90 Å². The number of carbonyl (C=O) groups excluding carboxylic acids is 1. The maximum atomic E-state index is 11.8. The van der Waals surface area contributed by atoms with Gasteiger partial charge < -0.3 is 20.3 Å². The van der Waals surface area contributed by atoms with Crippen molar-refractivity contribution in [2.45, 2.75) is 51.6 Å². The van der Waals surface area contributed by atoms with Crippen molar-refractivity contribution in [1.29, 1.82) is 0 Å².